The van der Waals surface area contributed by atoms with Crippen LogP contribution < -0.4 is 5.32 Å². The van der Waals surface area contributed by atoms with Crippen molar-refractivity contribution in [2.75, 3.05) is 19.8 Å². The Morgan fingerprint density at radius 3 is 1.61 bits per heavy atom. The van der Waals surface area contributed by atoms with Crippen molar-refractivity contribution >= 4 is 11.9 Å². The zero-order valence-electron chi connectivity index (χ0n) is 43.5. The molecule has 11 heteroatoms. The van der Waals surface area contributed by atoms with E-state index in [1.165, 1.54) is 83.5 Å². The Kier molecular flexibility index (Phi) is 44.1. The fourth-order valence-corrected chi connectivity index (χ4v) is 8.13. The van der Waals surface area contributed by atoms with Crippen LogP contribution in [0.15, 0.2) is 72.9 Å². The maximum atomic E-state index is 13.0. The molecule has 0 aliphatic carbocycles. The second-order valence-electron chi connectivity index (χ2n) is 18.9. The summed E-state index contributed by atoms with van der Waals surface area (Å²) in [5.74, 6) is -0.247. The van der Waals surface area contributed by atoms with Gasteiger partial charge in [-0.15, -0.1) is 0 Å². The quantitative estimate of drug-likeness (QED) is 0.0196. The smallest absolute Gasteiger partial charge is 0.305 e. The van der Waals surface area contributed by atoms with Crippen LogP contribution in [-0.2, 0) is 23.8 Å². The average molecular weight is 972 g/mol. The Morgan fingerprint density at radius 1 is 0.565 bits per heavy atom. The molecule has 1 aliphatic rings. The molecule has 0 radical (unpaired) electrons. The standard InChI is InChI=1S/C58H101NO10/c1-3-5-7-9-11-13-14-15-23-26-30-34-38-42-46-54(63)67-47-43-39-35-31-27-24-21-19-17-16-18-20-22-25-29-33-37-41-45-53(62)59-50(51(61)44-40-36-32-28-12-10-8-6-4-2)49-68-58-57(66)56(65)55(64)52(48-60)69-58/h4,6,9,11-12,14-15,18,20,28,40,44,50-52,55-58,60-61,64-66H,3,5,7-8,10,13,16-17,19,21-27,29-39,41-43,45-49H2,1-2H3,(H,59,62)/b6-4+,11-9-,15-14-,20-18-,28-12+,44-40+. The van der Waals surface area contributed by atoms with Gasteiger partial charge in [-0.3, -0.25) is 9.59 Å². The molecule has 1 aliphatic heterocycles. The lowest BCUT2D eigenvalue weighted by Crippen LogP contribution is -2.60. The molecule has 1 amide bonds. The molecule has 0 bridgehead atoms. The van der Waals surface area contributed by atoms with Gasteiger partial charge in [0, 0.05) is 12.8 Å². The Balaban J connectivity index is 2.08. The van der Waals surface area contributed by atoms with Crippen molar-refractivity contribution in [3.8, 4) is 0 Å². The zero-order chi connectivity index (χ0) is 50.3. The highest BCUT2D eigenvalue weighted by Gasteiger charge is 2.44. The average Bonchev–Trinajstić information content (AvgIpc) is 3.34. The Labute approximate surface area is 420 Å². The third-order valence-corrected chi connectivity index (χ3v) is 12.6. The first-order valence-electron chi connectivity index (χ1n) is 27.7. The monoisotopic (exact) mass is 972 g/mol. The van der Waals surface area contributed by atoms with Gasteiger partial charge in [-0.25, -0.2) is 0 Å². The number of nitrogens with one attached hydrogen (secondary N) is 1. The molecule has 0 spiro atoms. The summed E-state index contributed by atoms with van der Waals surface area (Å²) in [5.41, 5.74) is 0. The second kappa shape index (κ2) is 47.4. The number of carbonyl (C=O) groups is 2. The van der Waals surface area contributed by atoms with E-state index in [4.69, 9.17) is 14.2 Å². The van der Waals surface area contributed by atoms with Gasteiger partial charge in [0.15, 0.2) is 6.29 Å². The minimum absolute atomic E-state index is 0.0301. The van der Waals surface area contributed by atoms with E-state index in [0.717, 1.165) is 103 Å². The van der Waals surface area contributed by atoms with Gasteiger partial charge in [0.05, 0.1) is 32.0 Å². The zero-order valence-corrected chi connectivity index (χ0v) is 43.5. The van der Waals surface area contributed by atoms with Crippen molar-refractivity contribution in [2.45, 2.75) is 262 Å². The molecule has 1 fully saturated rings. The molecular formula is C58H101NO10. The predicted octanol–water partition coefficient (Wildman–Crippen LogP) is 12.1. The van der Waals surface area contributed by atoms with Crippen molar-refractivity contribution in [3.05, 3.63) is 72.9 Å². The van der Waals surface area contributed by atoms with Crippen molar-refractivity contribution in [1.82, 2.24) is 5.32 Å². The Hall–Kier alpha value is -2.90. The molecule has 1 saturated heterocycles. The highest BCUT2D eigenvalue weighted by atomic mass is 16.7. The van der Waals surface area contributed by atoms with E-state index in [1.807, 2.05) is 19.1 Å². The van der Waals surface area contributed by atoms with E-state index in [2.05, 4.69) is 66.9 Å². The largest absolute Gasteiger partial charge is 0.466 e. The molecule has 6 N–H and O–H groups in total. The van der Waals surface area contributed by atoms with Crippen LogP contribution in [0, 0.1) is 0 Å². The summed E-state index contributed by atoms with van der Waals surface area (Å²) in [6.45, 7) is 3.99. The number of amides is 1. The summed E-state index contributed by atoms with van der Waals surface area (Å²) in [6, 6.07) is -0.845. The molecule has 7 unspecified atom stereocenters. The molecule has 69 heavy (non-hydrogen) atoms. The molecule has 0 aromatic carbocycles. The number of allylic oxidation sites excluding steroid dienone is 11. The summed E-state index contributed by atoms with van der Waals surface area (Å²) in [4.78, 5) is 25.0. The first-order chi connectivity index (χ1) is 33.7. The van der Waals surface area contributed by atoms with Crippen LogP contribution in [0.1, 0.15) is 219 Å². The van der Waals surface area contributed by atoms with Crippen molar-refractivity contribution in [1.29, 1.82) is 0 Å². The van der Waals surface area contributed by atoms with E-state index >= 15 is 0 Å². The normalized spacial score (nSPS) is 19.9. The Bertz CT molecular complexity index is 1380. The second-order valence-corrected chi connectivity index (χ2v) is 18.9. The lowest BCUT2D eigenvalue weighted by molar-refractivity contribution is -0.302. The summed E-state index contributed by atoms with van der Waals surface area (Å²) in [6.07, 6.45) is 51.6. The molecular weight excluding hydrogens is 871 g/mol. The third-order valence-electron chi connectivity index (χ3n) is 12.6. The summed E-state index contributed by atoms with van der Waals surface area (Å²) in [7, 11) is 0. The van der Waals surface area contributed by atoms with Gasteiger partial charge < -0.3 is 45.1 Å². The SMILES string of the molecule is C/C=C/CC/C=C/CC/C=C/C(O)C(COC1OC(CO)C(O)C(O)C1O)NC(=O)CCCCCCC/C=C\CCCCCCCCCCCOC(=O)CCCCCCC/C=C\C/C=C\CCCC. The van der Waals surface area contributed by atoms with Crippen LogP contribution in [0.5, 0.6) is 0 Å². The van der Waals surface area contributed by atoms with Gasteiger partial charge in [-0.2, -0.15) is 0 Å². The van der Waals surface area contributed by atoms with Gasteiger partial charge in [-0.1, -0.05) is 176 Å². The van der Waals surface area contributed by atoms with E-state index < -0.39 is 49.5 Å². The number of hydrogen-bond donors (Lipinski definition) is 6. The van der Waals surface area contributed by atoms with E-state index in [-0.39, 0.29) is 18.5 Å². The number of aliphatic hydroxyl groups excluding tert-OH is 5. The van der Waals surface area contributed by atoms with Crippen molar-refractivity contribution in [2.24, 2.45) is 0 Å². The molecule has 1 heterocycles. The maximum absolute atomic E-state index is 13.0. The van der Waals surface area contributed by atoms with Gasteiger partial charge in [0.2, 0.25) is 5.91 Å². The first kappa shape index (κ1) is 64.1. The number of esters is 1. The number of ether oxygens (including phenoxy) is 3. The summed E-state index contributed by atoms with van der Waals surface area (Å²) in [5, 5.41) is 54.1. The van der Waals surface area contributed by atoms with Crippen LogP contribution in [0.2, 0.25) is 0 Å². The molecule has 7 atom stereocenters. The van der Waals surface area contributed by atoms with E-state index in [0.29, 0.717) is 25.9 Å². The number of aliphatic hydroxyl groups is 5. The van der Waals surface area contributed by atoms with Crippen LogP contribution in [0.25, 0.3) is 0 Å². The van der Waals surface area contributed by atoms with Crippen LogP contribution in [0.4, 0.5) is 0 Å². The molecule has 1 rings (SSSR count). The van der Waals surface area contributed by atoms with Gasteiger partial charge >= 0.3 is 5.97 Å². The number of hydrogen-bond acceptors (Lipinski definition) is 10. The summed E-state index contributed by atoms with van der Waals surface area (Å²) >= 11 is 0. The van der Waals surface area contributed by atoms with Gasteiger partial charge in [-0.05, 0) is 103 Å². The third kappa shape index (κ3) is 37.5. The van der Waals surface area contributed by atoms with Crippen molar-refractivity contribution < 1.29 is 49.3 Å². The fourth-order valence-electron chi connectivity index (χ4n) is 8.13. The topological polar surface area (TPSA) is 175 Å². The Morgan fingerprint density at radius 2 is 1.04 bits per heavy atom. The molecule has 0 aromatic heterocycles. The van der Waals surface area contributed by atoms with E-state index in [9.17, 15) is 35.1 Å². The highest BCUT2D eigenvalue weighted by Crippen LogP contribution is 2.23. The lowest BCUT2D eigenvalue weighted by atomic mass is 9.99. The van der Waals surface area contributed by atoms with Crippen LogP contribution >= 0.6 is 0 Å². The van der Waals surface area contributed by atoms with Crippen LogP contribution in [0.3, 0.4) is 0 Å². The number of unbranched alkanes of at least 4 members (excludes halogenated alkanes) is 23. The highest BCUT2D eigenvalue weighted by molar-refractivity contribution is 5.76. The molecule has 0 saturated carbocycles. The van der Waals surface area contributed by atoms with Crippen LogP contribution in [-0.4, -0.2) is 100 Å². The molecule has 11 nitrogen and oxygen atoms in total. The number of rotatable bonds is 46. The predicted molar refractivity (Wildman–Crippen MR) is 283 cm³/mol. The molecule has 398 valence electrons. The molecule has 0 aromatic rings. The maximum Gasteiger partial charge on any atom is 0.305 e. The van der Waals surface area contributed by atoms with Gasteiger partial charge in [0.1, 0.15) is 24.4 Å². The van der Waals surface area contributed by atoms with Gasteiger partial charge in [0.25, 0.3) is 0 Å². The minimum Gasteiger partial charge on any atom is -0.466 e. The fraction of sp³-hybridized carbons (Fsp3) is 0.759. The number of carbonyl (C=O) groups excluding carboxylic acids is 2. The first-order valence-corrected chi connectivity index (χ1v) is 27.7. The minimum atomic E-state index is -1.59. The summed E-state index contributed by atoms with van der Waals surface area (Å²) < 4.78 is 16.6. The lowest BCUT2D eigenvalue weighted by Gasteiger charge is -2.40. The van der Waals surface area contributed by atoms with Crippen molar-refractivity contribution in [3.63, 3.8) is 0 Å². The van der Waals surface area contributed by atoms with E-state index in [1.54, 1.807) is 6.08 Å².